The molecule has 1 saturated heterocycles. The maximum absolute atomic E-state index is 12.9. The number of urea groups is 1. The van der Waals surface area contributed by atoms with Crippen molar-refractivity contribution in [2.45, 2.75) is 18.9 Å². The lowest BCUT2D eigenvalue weighted by Crippen LogP contribution is -2.44. The van der Waals surface area contributed by atoms with Crippen molar-refractivity contribution in [3.05, 3.63) is 65.2 Å². The van der Waals surface area contributed by atoms with Crippen LogP contribution in [0.2, 0.25) is 5.02 Å². The van der Waals surface area contributed by atoms with Gasteiger partial charge in [-0.05, 0) is 36.2 Å². The number of hydrogen-bond acceptors (Lipinski definition) is 3. The molecule has 0 saturated carbocycles. The number of nitrogens with zero attached hydrogens (tertiary/aromatic N) is 1. The van der Waals surface area contributed by atoms with Gasteiger partial charge in [0.25, 0.3) is 5.91 Å². The fourth-order valence-electron chi connectivity index (χ4n) is 3.01. The van der Waals surface area contributed by atoms with Gasteiger partial charge in [-0.15, -0.1) is 0 Å². The zero-order valence-corrected chi connectivity index (χ0v) is 14.9. The predicted octanol–water partition coefficient (Wildman–Crippen LogP) is 3.14. The number of halogens is 1. The molecule has 0 aliphatic carbocycles. The molecule has 3 rings (SSSR count). The third-order valence-electron chi connectivity index (χ3n) is 4.40. The average molecular weight is 372 g/mol. The van der Waals surface area contributed by atoms with Crippen LogP contribution in [0, 0.1) is 0 Å². The highest BCUT2D eigenvalue weighted by Crippen LogP contribution is 2.32. The quantitative estimate of drug-likeness (QED) is 0.792. The highest BCUT2D eigenvalue weighted by molar-refractivity contribution is 6.30. The number of imide groups is 1. The van der Waals surface area contributed by atoms with E-state index >= 15 is 0 Å². The van der Waals surface area contributed by atoms with Crippen LogP contribution < -0.4 is 10.6 Å². The van der Waals surface area contributed by atoms with Gasteiger partial charge in [-0.3, -0.25) is 14.5 Å². The van der Waals surface area contributed by atoms with Crippen molar-refractivity contribution in [3.63, 3.8) is 0 Å². The molecular formula is C19H18ClN3O3. The van der Waals surface area contributed by atoms with Crippen molar-refractivity contribution in [2.75, 3.05) is 11.9 Å². The van der Waals surface area contributed by atoms with E-state index in [4.69, 9.17) is 11.6 Å². The molecule has 1 aliphatic rings. The number of benzene rings is 2. The summed E-state index contributed by atoms with van der Waals surface area (Å²) in [6.45, 7) is 1.46. The molecule has 2 aromatic rings. The molecule has 1 aliphatic heterocycles. The molecular weight excluding hydrogens is 354 g/mol. The molecule has 134 valence electrons. The first-order valence-corrected chi connectivity index (χ1v) is 8.59. The lowest BCUT2D eigenvalue weighted by Gasteiger charge is -2.25. The molecule has 26 heavy (non-hydrogen) atoms. The van der Waals surface area contributed by atoms with Crippen LogP contribution >= 0.6 is 11.6 Å². The fraction of sp³-hybridized carbons (Fsp3) is 0.211. The lowest BCUT2D eigenvalue weighted by molar-refractivity contribution is -0.134. The minimum absolute atomic E-state index is 0.359. The number of rotatable bonds is 5. The normalized spacial score (nSPS) is 19.4. The number of nitrogens with one attached hydrogen (secondary N) is 2. The molecule has 0 bridgehead atoms. The van der Waals surface area contributed by atoms with Gasteiger partial charge in [0.2, 0.25) is 5.91 Å². The molecule has 2 aromatic carbocycles. The summed E-state index contributed by atoms with van der Waals surface area (Å²) in [5, 5.41) is 5.95. The Bertz CT molecular complexity index is 839. The van der Waals surface area contributed by atoms with Crippen LogP contribution in [0.3, 0.4) is 0 Å². The monoisotopic (exact) mass is 371 g/mol. The van der Waals surface area contributed by atoms with Crippen LogP contribution in [-0.4, -0.2) is 29.3 Å². The van der Waals surface area contributed by atoms with Gasteiger partial charge in [-0.2, -0.15) is 0 Å². The van der Waals surface area contributed by atoms with E-state index in [2.05, 4.69) is 10.6 Å². The fourth-order valence-corrected chi connectivity index (χ4v) is 3.14. The second-order valence-corrected chi connectivity index (χ2v) is 6.44. The van der Waals surface area contributed by atoms with Gasteiger partial charge in [-0.25, -0.2) is 4.79 Å². The molecule has 6 nitrogen and oxygen atoms in total. The molecule has 1 heterocycles. The van der Waals surface area contributed by atoms with Gasteiger partial charge in [0.05, 0.1) is 0 Å². The smallest absolute Gasteiger partial charge is 0.325 e. The Hall–Kier alpha value is -2.86. The molecule has 0 aromatic heterocycles. The highest BCUT2D eigenvalue weighted by Gasteiger charge is 2.51. The first-order valence-electron chi connectivity index (χ1n) is 8.21. The number of amides is 4. The molecule has 1 atom stereocenters. The summed E-state index contributed by atoms with van der Waals surface area (Å²) >= 11 is 5.81. The molecule has 4 amide bonds. The first kappa shape index (κ1) is 17.9. The summed E-state index contributed by atoms with van der Waals surface area (Å²) in [5.74, 6) is -0.891. The Morgan fingerprint density at radius 3 is 2.38 bits per heavy atom. The van der Waals surface area contributed by atoms with Gasteiger partial charge in [0.15, 0.2) is 0 Å². The van der Waals surface area contributed by atoms with Crippen LogP contribution in [0.1, 0.15) is 18.9 Å². The van der Waals surface area contributed by atoms with Crippen LogP contribution in [-0.2, 0) is 15.1 Å². The molecule has 0 spiro atoms. The summed E-state index contributed by atoms with van der Waals surface area (Å²) in [5.41, 5.74) is 0.0940. The van der Waals surface area contributed by atoms with Gasteiger partial charge in [0.1, 0.15) is 12.1 Å². The minimum Gasteiger partial charge on any atom is -0.325 e. The standard InChI is InChI=1S/C19H18ClN3O3/c1-2-19(13-6-4-3-5-7-13)17(25)23(18(26)22-19)12-16(24)21-15-10-8-14(20)9-11-15/h3-11H,2,12H2,1H3,(H,21,24)(H,22,26)/t19-/m0/s1. The Morgan fingerprint density at radius 1 is 1.12 bits per heavy atom. The topological polar surface area (TPSA) is 78.5 Å². The summed E-state index contributed by atoms with van der Waals surface area (Å²) in [7, 11) is 0. The van der Waals surface area contributed by atoms with E-state index < -0.39 is 23.4 Å². The zero-order chi connectivity index (χ0) is 18.7. The molecule has 0 unspecified atom stereocenters. The molecule has 1 fully saturated rings. The Balaban J connectivity index is 1.76. The van der Waals surface area contributed by atoms with Gasteiger partial charge < -0.3 is 10.6 Å². The number of carbonyl (C=O) groups is 3. The molecule has 2 N–H and O–H groups in total. The summed E-state index contributed by atoms with van der Waals surface area (Å²) in [6, 6.07) is 15.0. The van der Waals surface area contributed by atoms with E-state index in [-0.39, 0.29) is 6.54 Å². The van der Waals surface area contributed by atoms with Crippen LogP contribution in [0.25, 0.3) is 0 Å². The Kier molecular flexibility index (Phi) is 4.95. The number of anilines is 1. The third-order valence-corrected chi connectivity index (χ3v) is 4.65. The van der Waals surface area contributed by atoms with Crippen LogP contribution in [0.15, 0.2) is 54.6 Å². The minimum atomic E-state index is -1.14. The van der Waals surface area contributed by atoms with Gasteiger partial charge >= 0.3 is 6.03 Å². The second-order valence-electron chi connectivity index (χ2n) is 6.00. The van der Waals surface area contributed by atoms with E-state index in [1.54, 1.807) is 36.4 Å². The third kappa shape index (κ3) is 3.28. The van der Waals surface area contributed by atoms with E-state index in [1.165, 1.54) is 0 Å². The summed E-state index contributed by atoms with van der Waals surface area (Å²) in [4.78, 5) is 38.5. The largest absolute Gasteiger partial charge is 0.325 e. The van der Waals surface area contributed by atoms with Crippen molar-refractivity contribution in [1.82, 2.24) is 10.2 Å². The predicted molar refractivity (Wildman–Crippen MR) is 98.7 cm³/mol. The lowest BCUT2D eigenvalue weighted by atomic mass is 9.87. The average Bonchev–Trinajstić information content (AvgIpc) is 2.89. The maximum atomic E-state index is 12.9. The zero-order valence-electron chi connectivity index (χ0n) is 14.2. The molecule has 7 heteroatoms. The molecule has 0 radical (unpaired) electrons. The Morgan fingerprint density at radius 2 is 1.77 bits per heavy atom. The number of hydrogen-bond donors (Lipinski definition) is 2. The maximum Gasteiger partial charge on any atom is 0.325 e. The second kappa shape index (κ2) is 7.17. The summed E-state index contributed by atoms with van der Waals surface area (Å²) in [6.07, 6.45) is 0.386. The van der Waals surface area contributed by atoms with E-state index in [0.29, 0.717) is 22.7 Å². The van der Waals surface area contributed by atoms with E-state index in [9.17, 15) is 14.4 Å². The van der Waals surface area contributed by atoms with Crippen molar-refractivity contribution < 1.29 is 14.4 Å². The van der Waals surface area contributed by atoms with Crippen LogP contribution in [0.4, 0.5) is 10.5 Å². The highest BCUT2D eigenvalue weighted by atomic mass is 35.5. The van der Waals surface area contributed by atoms with Crippen molar-refractivity contribution in [1.29, 1.82) is 0 Å². The van der Waals surface area contributed by atoms with Gasteiger partial charge in [-0.1, -0.05) is 48.9 Å². The van der Waals surface area contributed by atoms with E-state index in [1.807, 2.05) is 25.1 Å². The SMILES string of the molecule is CC[C@@]1(c2ccccc2)NC(=O)N(CC(=O)Nc2ccc(Cl)cc2)C1=O. The van der Waals surface area contributed by atoms with Crippen molar-refractivity contribution >= 4 is 35.1 Å². The van der Waals surface area contributed by atoms with Crippen molar-refractivity contribution in [2.24, 2.45) is 0 Å². The van der Waals surface area contributed by atoms with Crippen molar-refractivity contribution in [3.8, 4) is 0 Å². The van der Waals surface area contributed by atoms with E-state index in [0.717, 1.165) is 4.90 Å². The number of carbonyl (C=O) groups excluding carboxylic acids is 3. The summed E-state index contributed by atoms with van der Waals surface area (Å²) < 4.78 is 0. The first-order chi connectivity index (χ1) is 12.5. The Labute approximate surface area is 156 Å². The van der Waals surface area contributed by atoms with Crippen LogP contribution in [0.5, 0.6) is 0 Å². The van der Waals surface area contributed by atoms with Gasteiger partial charge in [0, 0.05) is 10.7 Å².